The van der Waals surface area contributed by atoms with Crippen molar-refractivity contribution < 1.29 is 45.2 Å². The first kappa shape index (κ1) is 26.8. The zero-order valence-corrected chi connectivity index (χ0v) is 24.9. The molecule has 0 aliphatic heterocycles. The molecule has 2 aromatic rings. The van der Waals surface area contributed by atoms with E-state index in [2.05, 4.69) is 19.9 Å². The fourth-order valence-electron chi connectivity index (χ4n) is 1.46. The van der Waals surface area contributed by atoms with Crippen molar-refractivity contribution in [3.63, 3.8) is 0 Å². The molecule has 2 fully saturated rings. The standard InChI is InChI=1S/C5H5N5O.2C5H5.3ClH.Hf.Hg/c6-5-9-3-2(4(11)10-5)7-1-8-3;2*1-2-4-5-3-1;;;;;/h1H,(H4,6,7,8,9,10,11);2*1-5H;3*1H;;/q;;;;;;+4;+2/p-4. The Balaban J connectivity index is 0.000000353. The van der Waals surface area contributed by atoms with Crippen LogP contribution in [0, 0.1) is 64.2 Å². The topological polar surface area (TPSA) is 98.8 Å². The first-order valence-electron chi connectivity index (χ1n) is 7.04. The van der Waals surface area contributed by atoms with Gasteiger partial charge in [0.1, 0.15) is 0 Å². The van der Waals surface area contributed by atoms with E-state index in [-0.39, 0.29) is 48.5 Å². The van der Waals surface area contributed by atoms with Crippen LogP contribution < -0.4 is 16.3 Å². The van der Waals surface area contributed by atoms with Gasteiger partial charge < -0.3 is 15.7 Å². The summed E-state index contributed by atoms with van der Waals surface area (Å²) in [4.78, 5) is 24.4. The molecular weight excluding hydrogens is 752 g/mol. The minimum Gasteiger partial charge on any atom is 4.00 e. The number of nitrogen functional groups attached to an aromatic ring is 1. The molecule has 11 heteroatoms. The molecule has 0 amide bonds. The Bertz CT molecular complexity index is 620. The van der Waals surface area contributed by atoms with E-state index in [0.717, 1.165) is 0 Å². The van der Waals surface area contributed by atoms with Crippen molar-refractivity contribution in [1.29, 1.82) is 0 Å². The molecule has 4 rings (SSSR count). The number of nitrogens with zero attached hydrogens (tertiary/aromatic N) is 3. The number of anilines is 1. The fourth-order valence-corrected chi connectivity index (χ4v) is 1.46. The average Bonchev–Trinajstić information content (AvgIpc) is 3.32. The summed E-state index contributed by atoms with van der Waals surface area (Å²) in [6.45, 7) is 0. The summed E-state index contributed by atoms with van der Waals surface area (Å²) in [6, 6.07) is 0. The van der Waals surface area contributed by atoms with Gasteiger partial charge >= 0.3 is 69.9 Å². The van der Waals surface area contributed by atoms with Gasteiger partial charge in [-0.25, -0.2) is 4.98 Å². The van der Waals surface area contributed by atoms with Gasteiger partial charge in [-0.05, 0) is 64.2 Å². The van der Waals surface area contributed by atoms with E-state index in [1.165, 1.54) is 6.33 Å². The second kappa shape index (κ2) is 16.8. The second-order valence-corrected chi connectivity index (χ2v) is 27.9. The first-order chi connectivity index (χ1) is 12.0. The molecule has 0 unspecified atom stereocenters. The van der Waals surface area contributed by atoms with E-state index in [0.29, 0.717) is 0 Å². The number of H-pyrrole nitrogens is 1. The predicted molar refractivity (Wildman–Crippen MR) is 98.5 cm³/mol. The molecule has 0 bridgehead atoms. The summed E-state index contributed by atoms with van der Waals surface area (Å²) >= 11 is -2.37. The van der Waals surface area contributed by atoms with Crippen LogP contribution in [0.2, 0.25) is 0 Å². The van der Waals surface area contributed by atoms with Crippen LogP contribution in [0.4, 0.5) is 5.95 Å². The van der Waals surface area contributed by atoms with Crippen LogP contribution in [0.3, 0.4) is 0 Å². The van der Waals surface area contributed by atoms with Gasteiger partial charge in [0.15, 0.2) is 0 Å². The molecule has 2 aromatic heterocycles. The van der Waals surface area contributed by atoms with Crippen molar-refractivity contribution in [2.24, 2.45) is 0 Å². The van der Waals surface area contributed by atoms with Gasteiger partial charge in [-0.3, -0.25) is 9.78 Å². The number of imidazole rings is 1. The van der Waals surface area contributed by atoms with Gasteiger partial charge in [0.2, 0.25) is 5.95 Å². The molecule has 2 heterocycles. The van der Waals surface area contributed by atoms with Gasteiger partial charge in [0.05, 0.1) is 5.65 Å². The summed E-state index contributed by atoms with van der Waals surface area (Å²) in [5.74, 6) is 0.0583. The van der Waals surface area contributed by atoms with Crippen molar-refractivity contribution in [2.75, 3.05) is 5.73 Å². The molecule has 0 spiro atoms. The van der Waals surface area contributed by atoms with Crippen molar-refractivity contribution in [3.8, 4) is 0 Å². The molecule has 2 aliphatic carbocycles. The van der Waals surface area contributed by atoms with Crippen LogP contribution in [0.1, 0.15) is 0 Å². The molecule has 6 nitrogen and oxygen atoms in total. The quantitative estimate of drug-likeness (QED) is 0.403. The molecule has 2 aliphatic rings. The van der Waals surface area contributed by atoms with Gasteiger partial charge in [-0.2, -0.15) is 0 Å². The third-order valence-electron chi connectivity index (χ3n) is 2.37. The number of hydrogen-bond donors (Lipinski definition) is 2. The largest absolute Gasteiger partial charge is 4.00 e. The van der Waals surface area contributed by atoms with E-state index in [1.54, 1.807) is 0 Å². The Kier molecular flexibility index (Phi) is 17.3. The zero-order chi connectivity index (χ0) is 18.5. The molecule has 3 N–H and O–H groups in total. The summed E-state index contributed by atoms with van der Waals surface area (Å²) in [5.41, 5.74) is 5.40. The number of nitrogens with two attached hydrogens (primary N) is 1. The van der Waals surface area contributed by atoms with Crippen LogP contribution in [0.5, 0.6) is 0 Å². The van der Waals surface area contributed by atoms with E-state index < -0.39 is 19.3 Å². The Hall–Kier alpha value is 0.825. The van der Waals surface area contributed by atoms with Crippen LogP contribution in [0.25, 0.3) is 11.2 Å². The maximum atomic E-state index is 11.0. The Morgan fingerprint density at radius 3 is 1.69 bits per heavy atom. The number of fused-ring (bicyclic) bond motifs is 1. The number of aromatic amines is 1. The average molecular weight is 766 g/mol. The zero-order valence-electron chi connectivity index (χ0n) is 13.5. The van der Waals surface area contributed by atoms with E-state index in [1.807, 2.05) is 64.2 Å². The number of hydrogen-bond acceptors (Lipinski definition) is 4. The van der Waals surface area contributed by atoms with Gasteiger partial charge in [0, 0.05) is 5.52 Å². The normalized spacial score (nSPS) is 14.7. The Morgan fingerprint density at radius 2 is 1.31 bits per heavy atom. The minimum absolute atomic E-state index is 0. The van der Waals surface area contributed by atoms with Crippen molar-refractivity contribution in [3.05, 3.63) is 80.9 Å². The van der Waals surface area contributed by atoms with Gasteiger partial charge in [0.25, 0.3) is 5.56 Å². The van der Waals surface area contributed by atoms with E-state index in [9.17, 15) is 4.79 Å². The van der Waals surface area contributed by atoms with Crippen molar-refractivity contribution in [2.45, 2.75) is 0 Å². The second-order valence-electron chi connectivity index (χ2n) is 4.22. The molecule has 130 valence electrons. The molecule has 0 atom stereocenters. The summed E-state index contributed by atoms with van der Waals surface area (Å²) in [6.07, 6.45) is 21.3. The molecule has 26 heavy (non-hydrogen) atoms. The molecular formula is C15H14Cl3HfHgN5O+2. The number of halogens is 3. The minimum atomic E-state index is -2.37. The van der Waals surface area contributed by atoms with Crippen LogP contribution in [0.15, 0.2) is 11.1 Å². The Labute approximate surface area is 191 Å². The summed E-state index contributed by atoms with van der Waals surface area (Å²) in [5, 5.41) is 0. The number of aromatic nitrogens is 4. The first-order valence-corrected chi connectivity index (χ1v) is 27.3. The molecule has 0 aromatic carbocycles. The molecule has 10 radical (unpaired) electrons. The number of nitrogens with one attached hydrogen (secondary N) is 1. The predicted octanol–water partition coefficient (Wildman–Crippen LogP) is 2.96. The maximum Gasteiger partial charge on any atom is 4.00 e. The monoisotopic (exact) mass is 767 g/mol. The fraction of sp³-hybridized carbons (Fsp3) is 0. The number of rotatable bonds is 0. The Morgan fingerprint density at radius 1 is 0.923 bits per heavy atom. The molecule has 0 saturated heterocycles. The van der Waals surface area contributed by atoms with Crippen LogP contribution in [-0.4, -0.2) is 15.0 Å². The van der Waals surface area contributed by atoms with Crippen molar-refractivity contribution in [1.82, 2.24) is 19.9 Å². The summed E-state index contributed by atoms with van der Waals surface area (Å²) < 4.78 is 0. The summed E-state index contributed by atoms with van der Waals surface area (Å²) in [7, 11) is 15.1. The third-order valence-corrected chi connectivity index (χ3v) is 2.37. The van der Waals surface area contributed by atoms with E-state index in [4.69, 9.17) is 30.5 Å². The maximum absolute atomic E-state index is 11.0. The smallest absolute Gasteiger partial charge is 4.00 e. The van der Waals surface area contributed by atoms with Crippen LogP contribution >= 0.6 is 24.7 Å². The van der Waals surface area contributed by atoms with Crippen LogP contribution in [-0.2, 0) is 45.2 Å². The molecule has 2 saturated carbocycles. The SMILES string of the molecule is Nc1nc2nc[n-]c2c(=O)[nH]1.[CH]1[CH][CH][CH][CH]1.[CH]1[CH][CH][CH][CH]1.[Cl][Hg-]([Cl])[Cl].[Hf+4]. The van der Waals surface area contributed by atoms with Crippen molar-refractivity contribution >= 4 is 41.9 Å². The van der Waals surface area contributed by atoms with Gasteiger partial charge in [-0.1, -0.05) is 6.33 Å². The van der Waals surface area contributed by atoms with Gasteiger partial charge in [-0.15, -0.1) is 0 Å². The van der Waals surface area contributed by atoms with E-state index >= 15 is 0 Å². The third kappa shape index (κ3) is 13.1.